The second-order valence-corrected chi connectivity index (χ2v) is 5.79. The number of piperazine rings is 1. The Bertz CT molecular complexity index is 665. The first-order valence-corrected chi connectivity index (χ1v) is 7.26. The number of halogens is 4. The van der Waals surface area contributed by atoms with Gasteiger partial charge in [-0.3, -0.25) is 10.1 Å². The van der Waals surface area contributed by atoms with Gasteiger partial charge in [-0.15, -0.1) is 0 Å². The minimum Gasteiger partial charge on any atom is -0.438 e. The molecule has 124 valence electrons. The maximum Gasteiger partial charge on any atom is 0.490 e. The van der Waals surface area contributed by atoms with E-state index in [1.807, 2.05) is 0 Å². The maximum atomic E-state index is 12.5. The van der Waals surface area contributed by atoms with E-state index in [1.54, 1.807) is 12.1 Å². The van der Waals surface area contributed by atoms with E-state index >= 15 is 0 Å². The van der Waals surface area contributed by atoms with Gasteiger partial charge in [-0.2, -0.15) is 13.2 Å². The monoisotopic (exact) mass is 348 g/mol. The van der Waals surface area contributed by atoms with Crippen LogP contribution in [0.25, 0.3) is 0 Å². The van der Waals surface area contributed by atoms with Crippen LogP contribution < -0.4 is 5.32 Å². The number of carbonyl (C=O) groups is 2. The highest BCUT2D eigenvalue weighted by atomic mass is 35.5. The van der Waals surface area contributed by atoms with Crippen molar-refractivity contribution >= 4 is 23.5 Å². The fourth-order valence-electron chi connectivity index (χ4n) is 2.87. The molecule has 1 N–H and O–H groups in total. The van der Waals surface area contributed by atoms with Gasteiger partial charge in [0.1, 0.15) is 0 Å². The van der Waals surface area contributed by atoms with Gasteiger partial charge in [0.15, 0.2) is 6.23 Å². The molecule has 0 radical (unpaired) electrons. The highest BCUT2D eigenvalue weighted by Crippen LogP contribution is 2.29. The summed E-state index contributed by atoms with van der Waals surface area (Å²) in [4.78, 5) is 25.0. The van der Waals surface area contributed by atoms with Crippen molar-refractivity contribution in [1.82, 2.24) is 10.2 Å². The molecule has 2 heterocycles. The Morgan fingerprint density at radius 1 is 1.39 bits per heavy atom. The van der Waals surface area contributed by atoms with Crippen molar-refractivity contribution in [2.24, 2.45) is 0 Å². The summed E-state index contributed by atoms with van der Waals surface area (Å²) in [5.74, 6) is -2.60. The molecule has 0 spiro atoms. The molecule has 5 nitrogen and oxygen atoms in total. The van der Waals surface area contributed by atoms with Gasteiger partial charge >= 0.3 is 12.1 Å². The van der Waals surface area contributed by atoms with Crippen LogP contribution in [-0.2, 0) is 16.0 Å². The van der Waals surface area contributed by atoms with Gasteiger partial charge in [0, 0.05) is 23.7 Å². The number of amides is 1. The summed E-state index contributed by atoms with van der Waals surface area (Å²) in [7, 11) is 0. The highest BCUT2D eigenvalue weighted by Gasteiger charge is 2.46. The summed E-state index contributed by atoms with van der Waals surface area (Å²) in [5, 5.41) is 3.13. The molecule has 3 rings (SSSR count). The largest absolute Gasteiger partial charge is 0.490 e. The average Bonchev–Trinajstić information content (AvgIpc) is 2.48. The Morgan fingerprint density at radius 3 is 2.83 bits per heavy atom. The van der Waals surface area contributed by atoms with E-state index in [0.29, 0.717) is 22.7 Å². The molecule has 1 saturated heterocycles. The molecule has 1 fully saturated rings. The van der Waals surface area contributed by atoms with E-state index in [0.717, 1.165) is 0 Å². The van der Waals surface area contributed by atoms with E-state index in [2.05, 4.69) is 10.1 Å². The molecule has 2 unspecified atom stereocenters. The number of benzene rings is 1. The van der Waals surface area contributed by atoms with Gasteiger partial charge in [-0.05, 0) is 24.1 Å². The Morgan fingerprint density at radius 2 is 2.13 bits per heavy atom. The van der Waals surface area contributed by atoms with Crippen LogP contribution in [0.1, 0.15) is 15.9 Å². The van der Waals surface area contributed by atoms with E-state index in [1.165, 1.54) is 11.0 Å². The fraction of sp³-hybridized carbons (Fsp3) is 0.429. The lowest BCUT2D eigenvalue weighted by Gasteiger charge is -2.44. The summed E-state index contributed by atoms with van der Waals surface area (Å²) in [6.07, 6.45) is -6.00. The molecule has 0 bridgehead atoms. The van der Waals surface area contributed by atoms with E-state index < -0.39 is 24.4 Å². The van der Waals surface area contributed by atoms with Crippen LogP contribution in [0.3, 0.4) is 0 Å². The van der Waals surface area contributed by atoms with Gasteiger partial charge in [-0.25, -0.2) is 4.79 Å². The zero-order chi connectivity index (χ0) is 16.8. The normalized spacial score (nSPS) is 24.0. The van der Waals surface area contributed by atoms with Gasteiger partial charge < -0.3 is 9.64 Å². The third-order valence-electron chi connectivity index (χ3n) is 3.91. The van der Waals surface area contributed by atoms with Crippen LogP contribution in [0.15, 0.2) is 18.2 Å². The van der Waals surface area contributed by atoms with E-state index in [4.69, 9.17) is 11.6 Å². The second kappa shape index (κ2) is 5.68. The average molecular weight is 349 g/mol. The van der Waals surface area contributed by atoms with Crippen LogP contribution >= 0.6 is 11.6 Å². The first-order valence-electron chi connectivity index (χ1n) is 6.88. The minimum atomic E-state index is -5.08. The standard InChI is InChI=1S/C14H12ClF3N2O3/c15-8-2-1-7-5-10-11(23-13(22)14(16,17)18)19-3-4-20(10)12(21)9(7)6-8/h1-2,6,10-11,19H,3-5H2. The Hall–Kier alpha value is -1.80. The Kier molecular flexibility index (Phi) is 3.97. The molecular weight excluding hydrogens is 337 g/mol. The van der Waals surface area contributed by atoms with Crippen molar-refractivity contribution < 1.29 is 27.5 Å². The van der Waals surface area contributed by atoms with Crippen LogP contribution in [0, 0.1) is 0 Å². The quantitative estimate of drug-likeness (QED) is 0.785. The number of nitrogens with zero attached hydrogens (tertiary/aromatic N) is 1. The molecule has 23 heavy (non-hydrogen) atoms. The molecule has 9 heteroatoms. The first kappa shape index (κ1) is 16.1. The summed E-state index contributed by atoms with van der Waals surface area (Å²) in [5.41, 5.74) is 1.09. The lowest BCUT2D eigenvalue weighted by molar-refractivity contribution is -0.210. The third kappa shape index (κ3) is 3.00. The lowest BCUT2D eigenvalue weighted by atomic mass is 9.91. The van der Waals surface area contributed by atoms with Crippen molar-refractivity contribution in [3.05, 3.63) is 34.3 Å². The van der Waals surface area contributed by atoms with Gasteiger partial charge in [0.05, 0.1) is 6.04 Å². The van der Waals surface area contributed by atoms with Crippen LogP contribution in [-0.4, -0.2) is 48.3 Å². The third-order valence-corrected chi connectivity index (χ3v) is 4.14. The molecule has 1 aromatic carbocycles. The van der Waals surface area contributed by atoms with Crippen LogP contribution in [0.2, 0.25) is 5.02 Å². The molecule has 2 aliphatic rings. The summed E-state index contributed by atoms with van der Waals surface area (Å²) >= 11 is 5.89. The van der Waals surface area contributed by atoms with Crippen molar-refractivity contribution in [1.29, 1.82) is 0 Å². The number of alkyl halides is 3. The zero-order valence-electron chi connectivity index (χ0n) is 11.7. The van der Waals surface area contributed by atoms with Gasteiger partial charge in [-0.1, -0.05) is 17.7 Å². The molecule has 1 aromatic rings. The van der Waals surface area contributed by atoms with Crippen LogP contribution in [0.4, 0.5) is 13.2 Å². The van der Waals surface area contributed by atoms with E-state index in [9.17, 15) is 22.8 Å². The second-order valence-electron chi connectivity index (χ2n) is 5.35. The molecule has 0 aliphatic carbocycles. The summed E-state index contributed by atoms with van der Waals surface area (Å²) in [6.45, 7) is 0.545. The predicted octanol–water partition coefficient (Wildman–Crippen LogP) is 1.74. The number of ether oxygens (including phenoxy) is 1. The number of esters is 1. The van der Waals surface area contributed by atoms with Crippen LogP contribution in [0.5, 0.6) is 0 Å². The molecule has 2 atom stereocenters. The predicted molar refractivity (Wildman–Crippen MR) is 73.9 cm³/mol. The Balaban J connectivity index is 1.87. The number of hydrogen-bond donors (Lipinski definition) is 1. The van der Waals surface area contributed by atoms with Crippen molar-refractivity contribution in [2.45, 2.75) is 24.9 Å². The summed E-state index contributed by atoms with van der Waals surface area (Å²) in [6, 6.07) is 4.12. The topological polar surface area (TPSA) is 58.6 Å². The molecule has 2 aliphatic heterocycles. The van der Waals surface area contributed by atoms with Gasteiger partial charge in [0.2, 0.25) is 0 Å². The number of carbonyl (C=O) groups excluding carboxylic acids is 2. The molecular formula is C14H12ClF3N2O3. The maximum absolute atomic E-state index is 12.5. The lowest BCUT2D eigenvalue weighted by Crippen LogP contribution is -2.63. The number of fused-ring (bicyclic) bond motifs is 2. The van der Waals surface area contributed by atoms with Crippen molar-refractivity contribution in [2.75, 3.05) is 13.1 Å². The number of rotatable bonds is 1. The molecule has 1 amide bonds. The summed E-state index contributed by atoms with van der Waals surface area (Å²) < 4.78 is 41.7. The molecule has 0 aromatic heterocycles. The van der Waals surface area contributed by atoms with Gasteiger partial charge in [0.25, 0.3) is 5.91 Å². The van der Waals surface area contributed by atoms with Crippen molar-refractivity contribution in [3.63, 3.8) is 0 Å². The SMILES string of the molecule is O=C1c2cc(Cl)ccc2CC2C(OC(=O)C(F)(F)F)NCCN12. The first-order chi connectivity index (χ1) is 10.8. The minimum absolute atomic E-state index is 0.230. The zero-order valence-corrected chi connectivity index (χ0v) is 12.4. The van der Waals surface area contributed by atoms with Crippen molar-refractivity contribution in [3.8, 4) is 0 Å². The highest BCUT2D eigenvalue weighted by molar-refractivity contribution is 6.31. The fourth-order valence-corrected chi connectivity index (χ4v) is 3.04. The smallest absolute Gasteiger partial charge is 0.438 e. The van der Waals surface area contributed by atoms with E-state index in [-0.39, 0.29) is 18.9 Å². The number of nitrogens with one attached hydrogen (secondary N) is 1. The number of hydrogen-bond acceptors (Lipinski definition) is 4. The Labute approximate surface area is 134 Å². The molecule has 0 saturated carbocycles.